The summed E-state index contributed by atoms with van der Waals surface area (Å²) in [7, 11) is 1.46. The Labute approximate surface area is 109 Å². The van der Waals surface area contributed by atoms with Crippen molar-refractivity contribution < 1.29 is 9.53 Å². The van der Waals surface area contributed by atoms with Gasteiger partial charge in [-0.2, -0.15) is 0 Å². The van der Waals surface area contributed by atoms with E-state index in [4.69, 9.17) is 4.74 Å². The summed E-state index contributed by atoms with van der Waals surface area (Å²) in [4.78, 5) is 13.7. The number of carbonyl (C=O) groups excluding carboxylic acids is 1. The van der Waals surface area contributed by atoms with Gasteiger partial charge in [-0.3, -0.25) is 4.79 Å². The smallest absolute Gasteiger partial charge is 0.305 e. The van der Waals surface area contributed by atoms with Crippen LogP contribution in [-0.2, 0) is 16.0 Å². The van der Waals surface area contributed by atoms with Crippen molar-refractivity contribution in [3.63, 3.8) is 0 Å². The SMILES string of the molecule is COC(=O)C[C@@H]1CCN(CCc2ccccc2)C1. The molecular weight excluding hydrogens is 226 g/mol. The molecule has 1 heterocycles. The summed E-state index contributed by atoms with van der Waals surface area (Å²) in [6.45, 7) is 3.22. The number of methoxy groups -OCH3 is 1. The van der Waals surface area contributed by atoms with Crippen molar-refractivity contribution in [2.24, 2.45) is 5.92 Å². The van der Waals surface area contributed by atoms with Crippen LogP contribution in [0.1, 0.15) is 18.4 Å². The first-order valence-corrected chi connectivity index (χ1v) is 6.61. The van der Waals surface area contributed by atoms with Crippen LogP contribution in [0.15, 0.2) is 30.3 Å². The zero-order chi connectivity index (χ0) is 12.8. The van der Waals surface area contributed by atoms with Crippen LogP contribution >= 0.6 is 0 Å². The fourth-order valence-electron chi connectivity index (χ4n) is 2.53. The highest BCUT2D eigenvalue weighted by atomic mass is 16.5. The lowest BCUT2D eigenvalue weighted by Crippen LogP contribution is -2.24. The molecule has 1 aliphatic heterocycles. The molecule has 2 rings (SSSR count). The van der Waals surface area contributed by atoms with E-state index in [1.807, 2.05) is 6.07 Å². The van der Waals surface area contributed by atoms with Crippen LogP contribution < -0.4 is 0 Å². The average Bonchev–Trinajstić information content (AvgIpc) is 2.85. The first-order valence-electron chi connectivity index (χ1n) is 6.61. The van der Waals surface area contributed by atoms with Gasteiger partial charge in [0, 0.05) is 19.5 Å². The molecule has 0 amide bonds. The minimum absolute atomic E-state index is 0.0788. The Kier molecular flexibility index (Phi) is 4.76. The molecule has 1 aromatic rings. The molecule has 1 saturated heterocycles. The molecule has 0 unspecified atom stereocenters. The van der Waals surface area contributed by atoms with E-state index in [1.165, 1.54) is 12.7 Å². The highest BCUT2D eigenvalue weighted by Crippen LogP contribution is 2.20. The second kappa shape index (κ2) is 6.55. The first kappa shape index (κ1) is 13.1. The average molecular weight is 247 g/mol. The van der Waals surface area contributed by atoms with Gasteiger partial charge in [0.2, 0.25) is 0 Å². The lowest BCUT2D eigenvalue weighted by molar-refractivity contribution is -0.141. The third-order valence-electron chi connectivity index (χ3n) is 3.61. The highest BCUT2D eigenvalue weighted by Gasteiger charge is 2.24. The van der Waals surface area contributed by atoms with E-state index in [1.54, 1.807) is 0 Å². The Balaban J connectivity index is 1.71. The zero-order valence-electron chi connectivity index (χ0n) is 11.0. The molecule has 1 aliphatic rings. The maximum absolute atomic E-state index is 11.2. The molecular formula is C15H21NO2. The summed E-state index contributed by atoms with van der Waals surface area (Å²) in [5, 5.41) is 0. The third kappa shape index (κ3) is 3.84. The molecule has 1 aromatic carbocycles. The molecule has 1 atom stereocenters. The second-order valence-corrected chi connectivity index (χ2v) is 4.97. The number of hydrogen-bond acceptors (Lipinski definition) is 3. The van der Waals surface area contributed by atoms with Crippen LogP contribution in [-0.4, -0.2) is 37.6 Å². The van der Waals surface area contributed by atoms with Gasteiger partial charge in [0.25, 0.3) is 0 Å². The van der Waals surface area contributed by atoms with E-state index in [0.29, 0.717) is 12.3 Å². The number of rotatable bonds is 5. The molecule has 0 spiro atoms. The van der Waals surface area contributed by atoms with Crippen LogP contribution in [0.4, 0.5) is 0 Å². The molecule has 0 aromatic heterocycles. The van der Waals surface area contributed by atoms with Crippen molar-refractivity contribution in [2.45, 2.75) is 19.3 Å². The fraction of sp³-hybridized carbons (Fsp3) is 0.533. The molecule has 98 valence electrons. The minimum atomic E-state index is -0.0788. The number of benzene rings is 1. The molecule has 1 fully saturated rings. The Morgan fingerprint density at radius 1 is 1.39 bits per heavy atom. The Morgan fingerprint density at radius 2 is 2.17 bits per heavy atom. The van der Waals surface area contributed by atoms with E-state index < -0.39 is 0 Å². The van der Waals surface area contributed by atoms with Crippen molar-refractivity contribution >= 4 is 5.97 Å². The van der Waals surface area contributed by atoms with Gasteiger partial charge in [-0.25, -0.2) is 0 Å². The van der Waals surface area contributed by atoms with E-state index >= 15 is 0 Å². The number of carbonyl (C=O) groups is 1. The number of esters is 1. The second-order valence-electron chi connectivity index (χ2n) is 4.97. The number of ether oxygens (including phenoxy) is 1. The van der Waals surface area contributed by atoms with Gasteiger partial charge < -0.3 is 9.64 Å². The van der Waals surface area contributed by atoms with E-state index in [0.717, 1.165) is 32.5 Å². The minimum Gasteiger partial charge on any atom is -0.469 e. The van der Waals surface area contributed by atoms with Gasteiger partial charge in [-0.15, -0.1) is 0 Å². The number of nitrogens with zero attached hydrogens (tertiary/aromatic N) is 1. The molecule has 3 nitrogen and oxygen atoms in total. The topological polar surface area (TPSA) is 29.5 Å². The third-order valence-corrected chi connectivity index (χ3v) is 3.61. The van der Waals surface area contributed by atoms with Crippen LogP contribution in [0.25, 0.3) is 0 Å². The Hall–Kier alpha value is -1.35. The lowest BCUT2D eigenvalue weighted by atomic mass is 10.1. The van der Waals surface area contributed by atoms with E-state index in [9.17, 15) is 4.79 Å². The molecule has 0 aliphatic carbocycles. The molecule has 0 N–H and O–H groups in total. The summed E-state index contributed by atoms with van der Waals surface area (Å²) in [5.41, 5.74) is 1.38. The predicted molar refractivity (Wildman–Crippen MR) is 71.3 cm³/mol. The molecule has 3 heteroatoms. The largest absolute Gasteiger partial charge is 0.469 e. The van der Waals surface area contributed by atoms with Crippen molar-refractivity contribution in [1.29, 1.82) is 0 Å². The van der Waals surface area contributed by atoms with Gasteiger partial charge >= 0.3 is 5.97 Å². The summed E-state index contributed by atoms with van der Waals surface area (Å²) in [6, 6.07) is 10.6. The molecule has 0 saturated carbocycles. The summed E-state index contributed by atoms with van der Waals surface area (Å²) in [6.07, 6.45) is 2.77. The van der Waals surface area contributed by atoms with Gasteiger partial charge in [0.15, 0.2) is 0 Å². The van der Waals surface area contributed by atoms with Crippen LogP contribution in [0.3, 0.4) is 0 Å². The molecule has 0 bridgehead atoms. The first-order chi connectivity index (χ1) is 8.78. The zero-order valence-corrected chi connectivity index (χ0v) is 11.0. The van der Waals surface area contributed by atoms with Crippen LogP contribution in [0, 0.1) is 5.92 Å². The van der Waals surface area contributed by atoms with Gasteiger partial charge in [-0.05, 0) is 30.9 Å². The molecule has 0 radical (unpaired) electrons. The standard InChI is InChI=1S/C15H21NO2/c1-18-15(17)11-14-8-10-16(12-14)9-7-13-5-3-2-4-6-13/h2-6,14H,7-12H2,1H3/t14-/m0/s1. The fourth-order valence-corrected chi connectivity index (χ4v) is 2.53. The van der Waals surface area contributed by atoms with Crippen LogP contribution in [0.2, 0.25) is 0 Å². The summed E-state index contributed by atoms with van der Waals surface area (Å²) < 4.78 is 4.72. The highest BCUT2D eigenvalue weighted by molar-refractivity contribution is 5.69. The van der Waals surface area contributed by atoms with Crippen molar-refractivity contribution in [1.82, 2.24) is 4.90 Å². The van der Waals surface area contributed by atoms with Crippen molar-refractivity contribution in [3.05, 3.63) is 35.9 Å². The van der Waals surface area contributed by atoms with Crippen molar-refractivity contribution in [2.75, 3.05) is 26.7 Å². The van der Waals surface area contributed by atoms with E-state index in [2.05, 4.69) is 29.2 Å². The predicted octanol–water partition coefficient (Wildman–Crippen LogP) is 2.11. The van der Waals surface area contributed by atoms with Gasteiger partial charge in [0.1, 0.15) is 0 Å². The quantitative estimate of drug-likeness (QED) is 0.746. The lowest BCUT2D eigenvalue weighted by Gasteiger charge is -2.15. The monoisotopic (exact) mass is 247 g/mol. The van der Waals surface area contributed by atoms with Crippen molar-refractivity contribution in [3.8, 4) is 0 Å². The maximum Gasteiger partial charge on any atom is 0.305 e. The van der Waals surface area contributed by atoms with E-state index in [-0.39, 0.29) is 5.97 Å². The maximum atomic E-state index is 11.2. The normalized spacial score (nSPS) is 19.9. The Morgan fingerprint density at radius 3 is 2.89 bits per heavy atom. The summed E-state index contributed by atoms with van der Waals surface area (Å²) in [5.74, 6) is 0.401. The van der Waals surface area contributed by atoms with Gasteiger partial charge in [0.05, 0.1) is 7.11 Å². The van der Waals surface area contributed by atoms with Crippen LogP contribution in [0.5, 0.6) is 0 Å². The van der Waals surface area contributed by atoms with Gasteiger partial charge in [-0.1, -0.05) is 30.3 Å². The number of hydrogen-bond donors (Lipinski definition) is 0. The summed E-state index contributed by atoms with van der Waals surface area (Å²) >= 11 is 0. The Bertz CT molecular complexity index is 377. The molecule has 18 heavy (non-hydrogen) atoms. The number of likely N-dealkylation sites (tertiary alicyclic amines) is 1.